The van der Waals surface area contributed by atoms with Crippen molar-refractivity contribution < 1.29 is 9.90 Å². The minimum absolute atomic E-state index is 0.108. The van der Waals surface area contributed by atoms with E-state index in [4.69, 9.17) is 4.98 Å². The third-order valence-electron chi connectivity index (χ3n) is 6.93. The second-order valence-electron chi connectivity index (χ2n) is 8.65. The summed E-state index contributed by atoms with van der Waals surface area (Å²) in [6.07, 6.45) is 3.69. The first kappa shape index (κ1) is 19.2. The number of carbonyl (C=O) groups excluding carboxylic acids is 1. The molecular weight excluding hydrogens is 376 g/mol. The van der Waals surface area contributed by atoms with Gasteiger partial charge in [-0.1, -0.05) is 13.3 Å². The third-order valence-corrected chi connectivity index (χ3v) is 6.93. The first-order valence-electron chi connectivity index (χ1n) is 10.8. The molecular formula is C25H26N2O3. The molecule has 1 aromatic carbocycles. The lowest BCUT2D eigenvalue weighted by molar-refractivity contribution is -0.115. The molecule has 0 spiro atoms. The summed E-state index contributed by atoms with van der Waals surface area (Å²) in [6, 6.07) is 3.96. The lowest BCUT2D eigenvalue weighted by Crippen LogP contribution is -2.26. The highest BCUT2D eigenvalue weighted by Gasteiger charge is 2.31. The molecule has 1 N–H and O–H groups in total. The Morgan fingerprint density at radius 2 is 1.97 bits per heavy atom. The Bertz CT molecular complexity index is 1290. The molecule has 3 heterocycles. The van der Waals surface area contributed by atoms with Crippen LogP contribution in [-0.4, -0.2) is 20.9 Å². The van der Waals surface area contributed by atoms with Gasteiger partial charge in [-0.25, -0.2) is 4.98 Å². The highest BCUT2D eigenvalue weighted by atomic mass is 16.3. The van der Waals surface area contributed by atoms with Crippen LogP contribution in [0.25, 0.3) is 22.3 Å². The van der Waals surface area contributed by atoms with Crippen LogP contribution in [0.3, 0.4) is 0 Å². The molecule has 5 heteroatoms. The Kier molecular flexibility index (Phi) is 4.40. The molecule has 0 amide bonds. The van der Waals surface area contributed by atoms with Crippen LogP contribution in [0.4, 0.5) is 0 Å². The number of pyridine rings is 2. The van der Waals surface area contributed by atoms with Gasteiger partial charge in [0.2, 0.25) is 0 Å². The van der Waals surface area contributed by atoms with Crippen molar-refractivity contribution in [2.75, 3.05) is 0 Å². The summed E-state index contributed by atoms with van der Waals surface area (Å²) >= 11 is 0. The third kappa shape index (κ3) is 2.54. The molecule has 5 rings (SSSR count). The average molecular weight is 402 g/mol. The zero-order valence-corrected chi connectivity index (χ0v) is 17.7. The van der Waals surface area contributed by atoms with Gasteiger partial charge in [0.25, 0.3) is 5.56 Å². The number of carbonyl (C=O) groups is 1. The number of aliphatic hydroxyl groups is 1. The van der Waals surface area contributed by atoms with Crippen LogP contribution in [0.5, 0.6) is 0 Å². The summed E-state index contributed by atoms with van der Waals surface area (Å²) < 4.78 is 1.78. The molecule has 0 saturated heterocycles. The van der Waals surface area contributed by atoms with Crippen molar-refractivity contribution in [3.63, 3.8) is 0 Å². The van der Waals surface area contributed by atoms with Crippen molar-refractivity contribution in [2.24, 2.45) is 0 Å². The molecule has 30 heavy (non-hydrogen) atoms. The van der Waals surface area contributed by atoms with Crippen molar-refractivity contribution >= 4 is 17.2 Å². The molecule has 1 aliphatic carbocycles. The summed E-state index contributed by atoms with van der Waals surface area (Å²) in [5.74, 6) is 0. The molecule has 2 aromatic heterocycles. The quantitative estimate of drug-likeness (QED) is 0.528. The van der Waals surface area contributed by atoms with Crippen molar-refractivity contribution in [1.82, 2.24) is 9.55 Å². The van der Waals surface area contributed by atoms with E-state index in [2.05, 4.69) is 19.9 Å². The molecule has 1 atom stereocenters. The van der Waals surface area contributed by atoms with Crippen molar-refractivity contribution in [1.29, 1.82) is 0 Å². The summed E-state index contributed by atoms with van der Waals surface area (Å²) in [5.41, 5.74) is 9.81. The van der Waals surface area contributed by atoms with Gasteiger partial charge >= 0.3 is 0 Å². The van der Waals surface area contributed by atoms with E-state index >= 15 is 0 Å². The van der Waals surface area contributed by atoms with Gasteiger partial charge in [-0.15, -0.1) is 0 Å². The lowest BCUT2D eigenvalue weighted by Gasteiger charge is -2.22. The summed E-state index contributed by atoms with van der Waals surface area (Å²) in [6.45, 7) is 6.83. The number of aliphatic hydroxyl groups excluding tert-OH is 1. The molecule has 154 valence electrons. The highest BCUT2D eigenvalue weighted by Crippen LogP contribution is 2.41. The van der Waals surface area contributed by atoms with E-state index in [0.717, 1.165) is 42.5 Å². The average Bonchev–Trinajstić information content (AvgIpc) is 3.12. The minimum atomic E-state index is -1.29. The molecule has 0 saturated carbocycles. The fourth-order valence-electron chi connectivity index (χ4n) is 5.34. The summed E-state index contributed by atoms with van der Waals surface area (Å²) in [7, 11) is 0. The van der Waals surface area contributed by atoms with Gasteiger partial charge < -0.3 is 14.5 Å². The Balaban J connectivity index is 1.84. The summed E-state index contributed by atoms with van der Waals surface area (Å²) in [4.78, 5) is 29.7. The van der Waals surface area contributed by atoms with E-state index in [1.807, 2.05) is 13.0 Å². The summed E-state index contributed by atoms with van der Waals surface area (Å²) in [5, 5.41) is 11.6. The van der Waals surface area contributed by atoms with Crippen LogP contribution in [-0.2, 0) is 30.6 Å². The van der Waals surface area contributed by atoms with Gasteiger partial charge in [-0.2, -0.15) is 0 Å². The largest absolute Gasteiger partial charge is 0.381 e. The standard InChI is InChI=1S/C25H26N2O3/c1-4-6-17-18(22(29)12-28)10-21-24-19(11-27(21)25(17)30)16-8-5-7-15-14(3)13(2)9-20(26-24)23(15)16/h9-10,12,22,29H,4-8,11H2,1-3H3. The van der Waals surface area contributed by atoms with Gasteiger partial charge in [-0.05, 0) is 79.5 Å². The minimum Gasteiger partial charge on any atom is -0.381 e. The van der Waals surface area contributed by atoms with Crippen molar-refractivity contribution in [3.05, 3.63) is 61.4 Å². The first-order chi connectivity index (χ1) is 14.5. The number of hydrogen-bond donors (Lipinski definition) is 1. The molecule has 5 nitrogen and oxygen atoms in total. The Hall–Kier alpha value is -2.79. The zero-order valence-electron chi connectivity index (χ0n) is 17.7. The topological polar surface area (TPSA) is 72.2 Å². The number of aromatic nitrogens is 2. The maximum atomic E-state index is 13.4. The van der Waals surface area contributed by atoms with Gasteiger partial charge in [0, 0.05) is 16.5 Å². The number of nitrogens with zero attached hydrogens (tertiary/aromatic N) is 2. The lowest BCUT2D eigenvalue weighted by atomic mass is 9.83. The van der Waals surface area contributed by atoms with E-state index < -0.39 is 6.10 Å². The van der Waals surface area contributed by atoms with Gasteiger partial charge in [-0.3, -0.25) is 4.79 Å². The van der Waals surface area contributed by atoms with Gasteiger partial charge in [0.1, 0.15) is 6.10 Å². The number of aryl methyl sites for hydroxylation is 3. The molecule has 3 aromatic rings. The van der Waals surface area contributed by atoms with Crippen LogP contribution in [0.2, 0.25) is 0 Å². The van der Waals surface area contributed by atoms with Crippen molar-refractivity contribution in [2.45, 2.75) is 65.5 Å². The van der Waals surface area contributed by atoms with Crippen molar-refractivity contribution in [3.8, 4) is 11.4 Å². The number of aldehydes is 1. The number of rotatable bonds is 4. The van der Waals surface area contributed by atoms with E-state index in [-0.39, 0.29) is 5.56 Å². The predicted molar refractivity (Wildman–Crippen MR) is 117 cm³/mol. The van der Waals surface area contributed by atoms with Crippen LogP contribution < -0.4 is 5.56 Å². The Labute approximate surface area is 175 Å². The van der Waals surface area contributed by atoms with E-state index in [1.165, 1.54) is 27.6 Å². The van der Waals surface area contributed by atoms with Crippen LogP contribution in [0, 0.1) is 13.8 Å². The molecule has 1 unspecified atom stereocenters. The number of hydrogen-bond acceptors (Lipinski definition) is 4. The molecule has 1 aliphatic heterocycles. The van der Waals surface area contributed by atoms with E-state index in [1.54, 1.807) is 4.57 Å². The predicted octanol–water partition coefficient (Wildman–Crippen LogP) is 3.72. The Morgan fingerprint density at radius 3 is 2.70 bits per heavy atom. The first-order valence-corrected chi connectivity index (χ1v) is 10.8. The fraction of sp³-hybridized carbons (Fsp3) is 0.400. The second kappa shape index (κ2) is 6.88. The van der Waals surface area contributed by atoms with Crippen LogP contribution >= 0.6 is 0 Å². The highest BCUT2D eigenvalue weighted by molar-refractivity contribution is 5.92. The Morgan fingerprint density at radius 1 is 1.20 bits per heavy atom. The van der Waals surface area contributed by atoms with E-state index in [9.17, 15) is 14.7 Å². The van der Waals surface area contributed by atoms with Crippen LogP contribution in [0.1, 0.15) is 64.8 Å². The van der Waals surface area contributed by atoms with Crippen LogP contribution in [0.15, 0.2) is 16.9 Å². The number of fused-ring (bicyclic) bond motifs is 4. The van der Waals surface area contributed by atoms with E-state index in [0.29, 0.717) is 36.1 Å². The SMILES string of the molecule is CCCc1c(C(O)C=O)cc2n(c1=O)Cc1c-2nc2cc(C)c(C)c3c2c1CCC3. The fourth-order valence-corrected chi connectivity index (χ4v) is 5.34. The molecule has 0 fully saturated rings. The smallest absolute Gasteiger partial charge is 0.254 e. The van der Waals surface area contributed by atoms with Gasteiger partial charge in [0.05, 0.1) is 23.4 Å². The maximum Gasteiger partial charge on any atom is 0.254 e. The zero-order chi connectivity index (χ0) is 21.2. The molecule has 0 bridgehead atoms. The van der Waals surface area contributed by atoms with Gasteiger partial charge in [0.15, 0.2) is 6.29 Å². The molecule has 2 aliphatic rings. The second-order valence-corrected chi connectivity index (χ2v) is 8.65. The maximum absolute atomic E-state index is 13.4. The normalized spacial score (nSPS) is 15.2. The monoisotopic (exact) mass is 402 g/mol. The molecule has 0 radical (unpaired) electrons. The number of benzene rings is 1.